The zero-order valence-electron chi connectivity index (χ0n) is 14.6. The molecule has 0 bridgehead atoms. The molecule has 0 spiro atoms. The summed E-state index contributed by atoms with van der Waals surface area (Å²) in [5.41, 5.74) is 1.34. The molecule has 2 aromatic heterocycles. The Morgan fingerprint density at radius 3 is 2.84 bits per heavy atom. The molecule has 1 aliphatic heterocycles. The Kier molecular flexibility index (Phi) is 4.88. The third-order valence-electron chi connectivity index (χ3n) is 5.34. The van der Waals surface area contributed by atoms with Gasteiger partial charge < -0.3 is 14.2 Å². The Hall–Kier alpha value is -2.08. The highest BCUT2D eigenvalue weighted by atomic mass is 16.5. The van der Waals surface area contributed by atoms with Gasteiger partial charge in [0.15, 0.2) is 0 Å². The van der Waals surface area contributed by atoms with E-state index in [1.165, 1.54) is 31.4 Å². The largest absolute Gasteiger partial charge is 0.495 e. The summed E-state index contributed by atoms with van der Waals surface area (Å²) in [4.78, 5) is 4.17. The van der Waals surface area contributed by atoms with E-state index in [9.17, 15) is 0 Å². The van der Waals surface area contributed by atoms with Crippen LogP contribution in [0.15, 0.2) is 30.7 Å². The van der Waals surface area contributed by atoms with Gasteiger partial charge in [-0.1, -0.05) is 12.8 Å². The van der Waals surface area contributed by atoms with Crippen molar-refractivity contribution in [3.63, 3.8) is 0 Å². The first-order valence-electron chi connectivity index (χ1n) is 9.08. The van der Waals surface area contributed by atoms with Gasteiger partial charge in [0.2, 0.25) is 0 Å². The molecule has 2 unspecified atom stereocenters. The Balaban J connectivity index is 1.46. The number of pyridine rings is 1. The Morgan fingerprint density at radius 2 is 2.04 bits per heavy atom. The molecule has 1 aliphatic carbocycles. The van der Waals surface area contributed by atoms with Crippen molar-refractivity contribution in [2.75, 3.05) is 26.9 Å². The summed E-state index contributed by atoms with van der Waals surface area (Å²) in [6.45, 7) is 2.25. The first kappa shape index (κ1) is 16.4. The summed E-state index contributed by atoms with van der Waals surface area (Å²) in [6.07, 6.45) is 10.3. The van der Waals surface area contributed by atoms with Crippen molar-refractivity contribution >= 4 is 0 Å². The van der Waals surface area contributed by atoms with Gasteiger partial charge in [-0.15, -0.1) is 0 Å². The average Bonchev–Trinajstić information content (AvgIpc) is 3.08. The second kappa shape index (κ2) is 7.44. The normalized spacial score (nSPS) is 23.9. The fraction of sp³-hybridized carbons (Fsp3) is 0.579. The molecule has 25 heavy (non-hydrogen) atoms. The van der Waals surface area contributed by atoms with Gasteiger partial charge in [0.1, 0.15) is 11.5 Å². The van der Waals surface area contributed by atoms with Crippen LogP contribution in [0.25, 0.3) is 0 Å². The van der Waals surface area contributed by atoms with E-state index in [2.05, 4.69) is 20.8 Å². The van der Waals surface area contributed by atoms with Crippen molar-refractivity contribution in [2.45, 2.75) is 37.6 Å². The summed E-state index contributed by atoms with van der Waals surface area (Å²) < 4.78 is 18.8. The molecule has 0 aromatic carbocycles. The summed E-state index contributed by atoms with van der Waals surface area (Å²) in [7, 11) is 1.64. The van der Waals surface area contributed by atoms with Crippen molar-refractivity contribution in [1.82, 2.24) is 14.8 Å². The Bertz CT molecular complexity index is 699. The van der Waals surface area contributed by atoms with E-state index in [0.717, 1.165) is 24.7 Å². The summed E-state index contributed by atoms with van der Waals surface area (Å²) in [6, 6.07) is 4.46. The second-order valence-electron chi connectivity index (χ2n) is 6.91. The van der Waals surface area contributed by atoms with Crippen molar-refractivity contribution < 1.29 is 14.2 Å². The molecule has 2 aromatic rings. The third-order valence-corrected chi connectivity index (χ3v) is 5.34. The molecule has 0 N–H and O–H groups in total. The zero-order chi connectivity index (χ0) is 17.1. The third kappa shape index (κ3) is 3.49. The van der Waals surface area contributed by atoms with Gasteiger partial charge in [-0.3, -0.25) is 9.67 Å². The fourth-order valence-electron chi connectivity index (χ4n) is 3.88. The van der Waals surface area contributed by atoms with Crippen LogP contribution in [-0.4, -0.2) is 41.7 Å². The van der Waals surface area contributed by atoms with E-state index in [1.54, 1.807) is 19.5 Å². The zero-order valence-corrected chi connectivity index (χ0v) is 14.6. The van der Waals surface area contributed by atoms with Crippen molar-refractivity contribution in [3.05, 3.63) is 36.4 Å². The fourth-order valence-corrected chi connectivity index (χ4v) is 3.88. The highest BCUT2D eigenvalue weighted by Gasteiger charge is 2.32. The second-order valence-corrected chi connectivity index (χ2v) is 6.91. The molecule has 0 radical (unpaired) electrons. The van der Waals surface area contributed by atoms with Crippen molar-refractivity contribution in [2.24, 2.45) is 5.92 Å². The van der Waals surface area contributed by atoms with Gasteiger partial charge in [-0.25, -0.2) is 0 Å². The SMILES string of the molecule is COc1cncc(OCC2CCCCC2c2ccnn2C2COC2)c1. The lowest BCUT2D eigenvalue weighted by atomic mass is 9.77. The average molecular weight is 343 g/mol. The molecule has 3 heterocycles. The molecule has 1 saturated carbocycles. The van der Waals surface area contributed by atoms with Crippen LogP contribution < -0.4 is 9.47 Å². The van der Waals surface area contributed by atoms with Crippen LogP contribution in [0.4, 0.5) is 0 Å². The van der Waals surface area contributed by atoms with Crippen molar-refractivity contribution in [1.29, 1.82) is 0 Å². The van der Waals surface area contributed by atoms with Crippen LogP contribution >= 0.6 is 0 Å². The lowest BCUT2D eigenvalue weighted by Crippen LogP contribution is -2.34. The molecule has 1 saturated heterocycles. The lowest BCUT2D eigenvalue weighted by molar-refractivity contribution is -0.0310. The summed E-state index contributed by atoms with van der Waals surface area (Å²) in [5, 5.41) is 4.56. The highest BCUT2D eigenvalue weighted by Crippen LogP contribution is 2.39. The first-order chi connectivity index (χ1) is 12.3. The van der Waals surface area contributed by atoms with Crippen molar-refractivity contribution in [3.8, 4) is 11.5 Å². The number of aromatic nitrogens is 3. The van der Waals surface area contributed by atoms with Gasteiger partial charge in [0, 0.05) is 29.8 Å². The number of hydrogen-bond acceptors (Lipinski definition) is 5. The van der Waals surface area contributed by atoms with E-state index in [0.29, 0.717) is 24.5 Å². The van der Waals surface area contributed by atoms with Gasteiger partial charge in [-0.2, -0.15) is 5.10 Å². The van der Waals surface area contributed by atoms with Gasteiger partial charge in [-0.05, 0) is 18.9 Å². The van der Waals surface area contributed by atoms with Crippen LogP contribution in [0.2, 0.25) is 0 Å². The van der Waals surface area contributed by atoms with E-state index >= 15 is 0 Å². The molecule has 2 atom stereocenters. The standard InChI is InChI=1S/C19H25N3O3/c1-23-16-8-17(10-20-9-16)25-11-14-4-2-3-5-18(14)19-6-7-21-22(19)15-12-24-13-15/h6-10,14-15,18H,2-5,11-13H2,1H3. The molecule has 0 amide bonds. The van der Waals surface area contributed by atoms with Gasteiger partial charge in [0.25, 0.3) is 0 Å². The number of hydrogen-bond donors (Lipinski definition) is 0. The molecule has 6 heteroatoms. The summed E-state index contributed by atoms with van der Waals surface area (Å²) >= 11 is 0. The van der Waals surface area contributed by atoms with Crippen LogP contribution in [0.3, 0.4) is 0 Å². The predicted octanol–water partition coefficient (Wildman–Crippen LogP) is 3.21. The molecule has 6 nitrogen and oxygen atoms in total. The Labute approximate surface area is 148 Å². The number of methoxy groups -OCH3 is 1. The Morgan fingerprint density at radius 1 is 1.20 bits per heavy atom. The van der Waals surface area contributed by atoms with Gasteiger partial charge in [0.05, 0.1) is 45.4 Å². The van der Waals surface area contributed by atoms with Crippen LogP contribution in [0, 0.1) is 5.92 Å². The topological polar surface area (TPSA) is 58.4 Å². The van der Waals surface area contributed by atoms with E-state index < -0.39 is 0 Å². The lowest BCUT2D eigenvalue weighted by Gasteiger charge is -2.35. The minimum Gasteiger partial charge on any atom is -0.495 e. The molecule has 134 valence electrons. The number of ether oxygens (including phenoxy) is 3. The van der Waals surface area contributed by atoms with E-state index in [4.69, 9.17) is 14.2 Å². The molecular formula is C19H25N3O3. The van der Waals surface area contributed by atoms with Crippen LogP contribution in [0.1, 0.15) is 43.3 Å². The molecule has 4 rings (SSSR count). The van der Waals surface area contributed by atoms with Gasteiger partial charge >= 0.3 is 0 Å². The molecule has 2 fully saturated rings. The monoisotopic (exact) mass is 343 g/mol. The molecular weight excluding hydrogens is 318 g/mol. The molecule has 2 aliphatic rings. The smallest absolute Gasteiger partial charge is 0.141 e. The predicted molar refractivity (Wildman–Crippen MR) is 93.1 cm³/mol. The quantitative estimate of drug-likeness (QED) is 0.806. The van der Waals surface area contributed by atoms with Crippen LogP contribution in [0.5, 0.6) is 11.5 Å². The van der Waals surface area contributed by atoms with Crippen LogP contribution in [-0.2, 0) is 4.74 Å². The summed E-state index contributed by atoms with van der Waals surface area (Å²) in [5.74, 6) is 2.48. The maximum atomic E-state index is 6.06. The maximum Gasteiger partial charge on any atom is 0.141 e. The minimum absolute atomic E-state index is 0.399. The maximum absolute atomic E-state index is 6.06. The van der Waals surface area contributed by atoms with E-state index in [1.807, 2.05) is 12.3 Å². The highest BCUT2D eigenvalue weighted by molar-refractivity contribution is 5.28. The number of nitrogens with zero attached hydrogens (tertiary/aromatic N) is 3. The van der Waals surface area contributed by atoms with E-state index in [-0.39, 0.29) is 0 Å². The first-order valence-corrected chi connectivity index (χ1v) is 9.08. The number of rotatable bonds is 6. The minimum atomic E-state index is 0.399.